The third kappa shape index (κ3) is 21.2. The van der Waals surface area contributed by atoms with Gasteiger partial charge in [0.05, 0.1) is 84.9 Å². The number of aliphatic hydroxyl groups is 1. The summed E-state index contributed by atoms with van der Waals surface area (Å²) in [7, 11) is 0. The molecule has 2 aromatic carbocycles. The van der Waals surface area contributed by atoms with Gasteiger partial charge in [0.25, 0.3) is 0 Å². The fraction of sp³-hybridized carbons (Fsp3) is 0.723. The van der Waals surface area contributed by atoms with Gasteiger partial charge < -0.3 is 43.6 Å². The number of benzene rings is 2. The van der Waals surface area contributed by atoms with E-state index in [2.05, 4.69) is 17.1 Å². The lowest BCUT2D eigenvalue weighted by Crippen LogP contribution is -2.42. The second kappa shape index (κ2) is 31.4. The molecule has 2 fully saturated rings. The van der Waals surface area contributed by atoms with E-state index in [1.165, 1.54) is 70.6 Å². The zero-order valence-corrected chi connectivity index (χ0v) is 35.7. The first-order valence-electron chi connectivity index (χ1n) is 22.6. The minimum absolute atomic E-state index is 0.00181. The van der Waals surface area contributed by atoms with Gasteiger partial charge in [-0.1, -0.05) is 133 Å². The number of nitrogens with one attached hydrogen (secondary N) is 1. The van der Waals surface area contributed by atoms with Gasteiger partial charge in [0.1, 0.15) is 0 Å². The van der Waals surface area contributed by atoms with Crippen LogP contribution in [0.3, 0.4) is 0 Å². The van der Waals surface area contributed by atoms with E-state index in [1.807, 2.05) is 48.5 Å². The minimum Gasteiger partial charge on any atom is -0.392 e. The average molecular weight is 813 g/mol. The van der Waals surface area contributed by atoms with E-state index in [0.717, 1.165) is 48.2 Å². The van der Waals surface area contributed by atoms with Crippen molar-refractivity contribution in [2.45, 2.75) is 135 Å². The van der Waals surface area contributed by atoms with E-state index in [4.69, 9.17) is 33.2 Å². The van der Waals surface area contributed by atoms with Gasteiger partial charge in [0, 0.05) is 44.6 Å². The van der Waals surface area contributed by atoms with Crippen molar-refractivity contribution in [1.29, 1.82) is 0 Å². The highest BCUT2D eigenvalue weighted by Gasteiger charge is 2.33. The summed E-state index contributed by atoms with van der Waals surface area (Å²) in [5, 5.41) is 12.7. The summed E-state index contributed by atoms with van der Waals surface area (Å²) in [6.45, 7) is 10.3. The van der Waals surface area contributed by atoms with Crippen molar-refractivity contribution in [3.63, 3.8) is 0 Å². The van der Waals surface area contributed by atoms with E-state index in [1.54, 1.807) is 0 Å². The molecule has 0 spiro atoms. The zero-order valence-electron chi connectivity index (χ0n) is 35.7. The van der Waals surface area contributed by atoms with Crippen molar-refractivity contribution < 1.29 is 43.1 Å². The number of rotatable bonds is 21. The molecule has 328 valence electrons. The summed E-state index contributed by atoms with van der Waals surface area (Å²) in [6.07, 6.45) is 17.3. The van der Waals surface area contributed by atoms with Crippen molar-refractivity contribution in [3.05, 3.63) is 70.8 Å². The van der Waals surface area contributed by atoms with Crippen molar-refractivity contribution in [2.24, 2.45) is 0 Å². The minimum atomic E-state index is -0.563. The molecule has 2 saturated heterocycles. The molecular formula is C47H76N2O9. The van der Waals surface area contributed by atoms with Crippen molar-refractivity contribution in [2.75, 3.05) is 85.7 Å². The van der Waals surface area contributed by atoms with Crippen LogP contribution in [0.1, 0.15) is 138 Å². The number of amides is 1. The monoisotopic (exact) mass is 813 g/mol. The Labute approximate surface area is 349 Å². The predicted octanol–water partition coefficient (Wildman–Crippen LogP) is 8.22. The lowest BCUT2D eigenvalue weighted by atomic mass is 9.99. The summed E-state index contributed by atoms with van der Waals surface area (Å²) in [4.78, 5) is 15.0. The Hall–Kier alpha value is -2.45. The Morgan fingerprint density at radius 3 is 1.59 bits per heavy atom. The van der Waals surface area contributed by atoms with Gasteiger partial charge in [-0.15, -0.1) is 0 Å². The maximum Gasteiger partial charge on any atom is 0.220 e. The van der Waals surface area contributed by atoms with Crippen LogP contribution < -0.4 is 5.32 Å². The van der Waals surface area contributed by atoms with Crippen LogP contribution in [-0.4, -0.2) is 108 Å². The molecule has 0 aromatic heterocycles. The molecular weight excluding hydrogens is 737 g/mol. The molecule has 2 N–H and O–H groups in total. The van der Waals surface area contributed by atoms with E-state index in [0.29, 0.717) is 92.0 Å². The lowest BCUT2D eigenvalue weighted by Gasteiger charge is -2.38. The lowest BCUT2D eigenvalue weighted by molar-refractivity contribution is -0.253. The predicted molar refractivity (Wildman–Crippen MR) is 228 cm³/mol. The Morgan fingerprint density at radius 2 is 1.07 bits per heavy atom. The summed E-state index contributed by atoms with van der Waals surface area (Å²) in [5.74, 6) is 0.112. The molecule has 2 aromatic rings. The second-order valence-corrected chi connectivity index (χ2v) is 15.7. The van der Waals surface area contributed by atoms with Gasteiger partial charge in [-0.25, -0.2) is 0 Å². The highest BCUT2D eigenvalue weighted by molar-refractivity contribution is 5.75. The molecule has 4 rings (SSSR count). The third-order valence-electron chi connectivity index (χ3n) is 10.9. The molecule has 0 bridgehead atoms. The molecule has 11 nitrogen and oxygen atoms in total. The van der Waals surface area contributed by atoms with Crippen LogP contribution in [0, 0.1) is 0 Å². The van der Waals surface area contributed by atoms with Crippen molar-refractivity contribution in [1.82, 2.24) is 10.2 Å². The highest BCUT2D eigenvalue weighted by Crippen LogP contribution is 2.38. The SMILES string of the molecule is CCCCCCCCCCCCCCCC(=O)NCc1ccc(C2OC(CN3CCOCCOCCOCCOCCOCC3)CC(c3ccc(CO)cc3)O2)cc1. The first-order valence-corrected chi connectivity index (χ1v) is 22.6. The van der Waals surface area contributed by atoms with Crippen LogP contribution in [0.5, 0.6) is 0 Å². The Balaban J connectivity index is 1.24. The topological polar surface area (TPSA) is 117 Å². The number of carbonyl (C=O) groups is 1. The molecule has 0 saturated carbocycles. The Bertz CT molecular complexity index is 1280. The molecule has 58 heavy (non-hydrogen) atoms. The average Bonchev–Trinajstić information content (AvgIpc) is 3.25. The van der Waals surface area contributed by atoms with Crippen LogP contribution in [0.4, 0.5) is 0 Å². The zero-order chi connectivity index (χ0) is 40.7. The molecule has 11 heteroatoms. The van der Waals surface area contributed by atoms with Gasteiger partial charge in [0.2, 0.25) is 5.91 Å². The van der Waals surface area contributed by atoms with E-state index in [9.17, 15) is 9.90 Å². The molecule has 0 radical (unpaired) electrons. The number of aliphatic hydroxyl groups excluding tert-OH is 1. The first kappa shape index (κ1) is 48.2. The maximum absolute atomic E-state index is 12.6. The standard InChI is InChI=1S/C47H76N2O9/c1-2-3-4-5-6-7-8-9-10-11-12-13-14-15-46(51)48-37-40-16-22-43(23-17-40)47-57-44(36-45(58-47)42-20-18-41(39-50)19-21-42)38-49-24-26-52-28-30-54-32-34-56-35-33-55-31-29-53-27-25-49/h16-23,44-45,47,50H,2-15,24-39H2,1H3,(H,48,51). The maximum atomic E-state index is 12.6. The van der Waals surface area contributed by atoms with Gasteiger partial charge in [0.15, 0.2) is 6.29 Å². The normalized spacial score (nSPS) is 21.2. The Morgan fingerprint density at radius 1 is 0.603 bits per heavy atom. The number of unbranched alkanes of at least 4 members (excludes halogenated alkanes) is 12. The molecule has 1 amide bonds. The molecule has 2 aliphatic rings. The molecule has 2 heterocycles. The number of nitrogens with zero attached hydrogens (tertiary/aromatic N) is 1. The van der Waals surface area contributed by atoms with Crippen LogP contribution in [0.2, 0.25) is 0 Å². The quantitative estimate of drug-likeness (QED) is 0.120. The van der Waals surface area contributed by atoms with Gasteiger partial charge in [-0.05, 0) is 23.1 Å². The number of ether oxygens (including phenoxy) is 7. The van der Waals surface area contributed by atoms with E-state index in [-0.39, 0.29) is 24.7 Å². The number of hydrogen-bond donors (Lipinski definition) is 2. The molecule has 3 unspecified atom stereocenters. The first-order chi connectivity index (χ1) is 28.6. The van der Waals surface area contributed by atoms with Gasteiger partial charge in [-0.2, -0.15) is 0 Å². The van der Waals surface area contributed by atoms with Crippen LogP contribution in [0.15, 0.2) is 48.5 Å². The fourth-order valence-corrected chi connectivity index (χ4v) is 7.37. The third-order valence-corrected chi connectivity index (χ3v) is 10.9. The van der Waals surface area contributed by atoms with Gasteiger partial charge in [-0.3, -0.25) is 9.69 Å². The largest absolute Gasteiger partial charge is 0.392 e. The van der Waals surface area contributed by atoms with Gasteiger partial charge >= 0.3 is 0 Å². The van der Waals surface area contributed by atoms with Crippen LogP contribution in [0.25, 0.3) is 0 Å². The van der Waals surface area contributed by atoms with Crippen LogP contribution >= 0.6 is 0 Å². The van der Waals surface area contributed by atoms with Crippen molar-refractivity contribution in [3.8, 4) is 0 Å². The summed E-state index contributed by atoms with van der Waals surface area (Å²) >= 11 is 0. The summed E-state index contributed by atoms with van der Waals surface area (Å²) < 4.78 is 41.9. The Kier molecular flexibility index (Phi) is 26.1. The summed E-state index contributed by atoms with van der Waals surface area (Å²) in [5.41, 5.74) is 3.89. The molecule has 3 atom stereocenters. The number of carbonyl (C=O) groups excluding carboxylic acids is 1. The molecule has 0 aliphatic carbocycles. The van der Waals surface area contributed by atoms with Crippen LogP contribution in [-0.2, 0) is 51.1 Å². The smallest absolute Gasteiger partial charge is 0.220 e. The summed E-state index contributed by atoms with van der Waals surface area (Å²) in [6, 6.07) is 16.2. The number of hydrogen-bond acceptors (Lipinski definition) is 10. The van der Waals surface area contributed by atoms with E-state index >= 15 is 0 Å². The molecule has 2 aliphatic heterocycles. The second-order valence-electron chi connectivity index (χ2n) is 15.7. The highest BCUT2D eigenvalue weighted by atomic mass is 16.7. The van der Waals surface area contributed by atoms with Crippen molar-refractivity contribution >= 4 is 5.91 Å². The van der Waals surface area contributed by atoms with E-state index < -0.39 is 6.29 Å². The fourth-order valence-electron chi connectivity index (χ4n) is 7.37.